The Morgan fingerprint density at radius 2 is 1.83 bits per heavy atom. The van der Waals surface area contributed by atoms with Gasteiger partial charge in [0.1, 0.15) is 0 Å². The van der Waals surface area contributed by atoms with Gasteiger partial charge in [0.05, 0.1) is 6.61 Å². The summed E-state index contributed by atoms with van der Waals surface area (Å²) in [6.07, 6.45) is 1.25. The van der Waals surface area contributed by atoms with Gasteiger partial charge in [-0.1, -0.05) is 50.1 Å². The predicted octanol–water partition coefficient (Wildman–Crippen LogP) is 2.90. The summed E-state index contributed by atoms with van der Waals surface area (Å²) in [5.41, 5.74) is 2.18. The lowest BCUT2D eigenvalue weighted by atomic mass is 10.1. The van der Waals surface area contributed by atoms with Gasteiger partial charge in [-0.05, 0) is 12.5 Å². The first-order valence-electron chi connectivity index (χ1n) is 4.41. The molecule has 0 saturated heterocycles. The monoisotopic (exact) mass is 166 g/mol. The van der Waals surface area contributed by atoms with Gasteiger partial charge in [-0.3, -0.25) is 0 Å². The Bertz CT molecular complexity index is 206. The molecule has 0 unspecified atom stereocenters. The molecule has 1 aromatic carbocycles. The van der Waals surface area contributed by atoms with Gasteiger partial charge in [-0.2, -0.15) is 0 Å². The molecule has 0 heterocycles. The number of rotatable bonds is 1. The van der Waals surface area contributed by atoms with Crippen LogP contribution < -0.4 is 0 Å². The maximum absolute atomic E-state index is 8.66. The van der Waals surface area contributed by atoms with Crippen molar-refractivity contribution in [1.29, 1.82) is 0 Å². The summed E-state index contributed by atoms with van der Waals surface area (Å²) in [5, 5.41) is 8.66. The van der Waals surface area contributed by atoms with Crippen LogP contribution in [0.5, 0.6) is 0 Å². The minimum absolute atomic E-state index is 0.141. The molecule has 0 spiro atoms. The fourth-order valence-corrected chi connectivity index (χ4v) is 0.810. The first-order valence-corrected chi connectivity index (χ1v) is 4.41. The van der Waals surface area contributed by atoms with E-state index in [1.54, 1.807) is 0 Å². The molecule has 1 aromatic rings. The van der Waals surface area contributed by atoms with Crippen molar-refractivity contribution < 1.29 is 5.11 Å². The summed E-state index contributed by atoms with van der Waals surface area (Å²) in [7, 11) is 0. The first kappa shape index (κ1) is 11.2. The predicted molar refractivity (Wildman–Crippen MR) is 53.1 cm³/mol. The second kappa shape index (κ2) is 6.86. The van der Waals surface area contributed by atoms with E-state index in [1.165, 1.54) is 12.0 Å². The molecule has 1 N–H and O–H groups in total. The van der Waals surface area contributed by atoms with Crippen LogP contribution in [-0.4, -0.2) is 5.11 Å². The number of aryl methyl sites for hydroxylation is 1. The van der Waals surface area contributed by atoms with E-state index in [4.69, 9.17) is 5.11 Å². The summed E-state index contributed by atoms with van der Waals surface area (Å²) in [6, 6.07) is 7.84. The Labute approximate surface area is 75.1 Å². The molecule has 1 rings (SSSR count). The molecule has 0 fully saturated rings. The molecule has 68 valence electrons. The molecule has 0 aliphatic rings. The molecule has 0 amide bonds. The Morgan fingerprint density at radius 1 is 1.25 bits per heavy atom. The fourth-order valence-electron chi connectivity index (χ4n) is 0.810. The molecule has 0 saturated carbocycles. The summed E-state index contributed by atoms with van der Waals surface area (Å²) < 4.78 is 0. The van der Waals surface area contributed by atoms with E-state index in [9.17, 15) is 0 Å². The molecule has 0 bridgehead atoms. The molecule has 0 aliphatic heterocycles. The third-order valence-electron chi connectivity index (χ3n) is 1.27. The van der Waals surface area contributed by atoms with Crippen molar-refractivity contribution in [3.05, 3.63) is 35.4 Å². The van der Waals surface area contributed by atoms with Crippen molar-refractivity contribution in [2.75, 3.05) is 0 Å². The Hall–Kier alpha value is -0.820. The SMILES string of the molecule is CCC.Cc1cccc(CO)c1. The summed E-state index contributed by atoms with van der Waals surface area (Å²) >= 11 is 0. The highest BCUT2D eigenvalue weighted by atomic mass is 16.3. The van der Waals surface area contributed by atoms with Crippen LogP contribution in [0.3, 0.4) is 0 Å². The zero-order valence-corrected chi connectivity index (χ0v) is 8.17. The smallest absolute Gasteiger partial charge is 0.0681 e. The van der Waals surface area contributed by atoms with Crippen LogP contribution in [0.4, 0.5) is 0 Å². The third-order valence-corrected chi connectivity index (χ3v) is 1.27. The highest BCUT2D eigenvalue weighted by Crippen LogP contribution is 2.02. The average molecular weight is 166 g/mol. The molecule has 1 heteroatoms. The zero-order valence-electron chi connectivity index (χ0n) is 8.17. The molecule has 12 heavy (non-hydrogen) atoms. The van der Waals surface area contributed by atoms with Gasteiger partial charge >= 0.3 is 0 Å². The van der Waals surface area contributed by atoms with E-state index in [0.717, 1.165) is 5.56 Å². The maximum Gasteiger partial charge on any atom is 0.0681 e. The largest absolute Gasteiger partial charge is 0.392 e. The number of hydrogen-bond donors (Lipinski definition) is 1. The van der Waals surface area contributed by atoms with Gasteiger partial charge in [0.15, 0.2) is 0 Å². The second-order valence-corrected chi connectivity index (χ2v) is 2.85. The van der Waals surface area contributed by atoms with Crippen LogP contribution in [0.2, 0.25) is 0 Å². The number of aliphatic hydroxyl groups excluding tert-OH is 1. The van der Waals surface area contributed by atoms with Gasteiger partial charge in [0, 0.05) is 0 Å². The van der Waals surface area contributed by atoms with Crippen LogP contribution in [0, 0.1) is 6.92 Å². The van der Waals surface area contributed by atoms with Crippen molar-refractivity contribution in [3.63, 3.8) is 0 Å². The number of aliphatic hydroxyl groups is 1. The van der Waals surface area contributed by atoms with Crippen LogP contribution in [0.1, 0.15) is 31.4 Å². The highest BCUT2D eigenvalue weighted by Gasteiger charge is 1.86. The van der Waals surface area contributed by atoms with Crippen LogP contribution in [0.25, 0.3) is 0 Å². The second-order valence-electron chi connectivity index (χ2n) is 2.85. The Balaban J connectivity index is 0.000000354. The van der Waals surface area contributed by atoms with Crippen molar-refractivity contribution in [1.82, 2.24) is 0 Å². The van der Waals surface area contributed by atoms with Crippen molar-refractivity contribution >= 4 is 0 Å². The number of benzene rings is 1. The van der Waals surface area contributed by atoms with Gasteiger partial charge in [0.25, 0.3) is 0 Å². The summed E-state index contributed by atoms with van der Waals surface area (Å²) in [5.74, 6) is 0. The minimum atomic E-state index is 0.141. The zero-order chi connectivity index (χ0) is 9.40. The first-order chi connectivity index (χ1) is 5.74. The number of hydrogen-bond acceptors (Lipinski definition) is 1. The van der Waals surface area contributed by atoms with Gasteiger partial charge in [-0.15, -0.1) is 0 Å². The van der Waals surface area contributed by atoms with E-state index in [-0.39, 0.29) is 6.61 Å². The van der Waals surface area contributed by atoms with E-state index in [2.05, 4.69) is 13.8 Å². The van der Waals surface area contributed by atoms with Crippen LogP contribution >= 0.6 is 0 Å². The topological polar surface area (TPSA) is 20.2 Å². The Morgan fingerprint density at radius 3 is 2.17 bits per heavy atom. The van der Waals surface area contributed by atoms with Crippen molar-refractivity contribution in [2.45, 2.75) is 33.8 Å². The molecular formula is C11H18O. The van der Waals surface area contributed by atoms with Gasteiger partial charge in [-0.25, -0.2) is 0 Å². The van der Waals surface area contributed by atoms with Crippen LogP contribution in [0.15, 0.2) is 24.3 Å². The molecular weight excluding hydrogens is 148 g/mol. The van der Waals surface area contributed by atoms with Gasteiger partial charge in [0.2, 0.25) is 0 Å². The van der Waals surface area contributed by atoms with E-state index < -0.39 is 0 Å². The minimum Gasteiger partial charge on any atom is -0.392 e. The molecule has 1 nitrogen and oxygen atoms in total. The summed E-state index contributed by atoms with van der Waals surface area (Å²) in [6.45, 7) is 6.40. The fraction of sp³-hybridized carbons (Fsp3) is 0.455. The summed E-state index contributed by atoms with van der Waals surface area (Å²) in [4.78, 5) is 0. The quantitative estimate of drug-likeness (QED) is 0.680. The lowest BCUT2D eigenvalue weighted by Crippen LogP contribution is -1.81. The maximum atomic E-state index is 8.66. The van der Waals surface area contributed by atoms with E-state index in [0.29, 0.717) is 0 Å². The van der Waals surface area contributed by atoms with Gasteiger partial charge < -0.3 is 5.11 Å². The van der Waals surface area contributed by atoms with Crippen molar-refractivity contribution in [2.24, 2.45) is 0 Å². The molecule has 0 aliphatic carbocycles. The molecule has 0 radical (unpaired) electrons. The average Bonchev–Trinajstić information content (AvgIpc) is 2.06. The third kappa shape index (κ3) is 4.91. The Kier molecular flexibility index (Phi) is 6.39. The van der Waals surface area contributed by atoms with Crippen molar-refractivity contribution in [3.8, 4) is 0 Å². The normalized spacial score (nSPS) is 8.67. The van der Waals surface area contributed by atoms with Crippen LogP contribution in [-0.2, 0) is 6.61 Å². The highest BCUT2D eigenvalue weighted by molar-refractivity contribution is 5.21. The van der Waals surface area contributed by atoms with E-state index in [1.807, 2.05) is 31.2 Å². The standard InChI is InChI=1S/C8H10O.C3H8/c1-7-3-2-4-8(5-7)6-9;1-3-2/h2-5,9H,6H2,1H3;3H2,1-2H3. The molecule has 0 aromatic heterocycles. The lowest BCUT2D eigenvalue weighted by Gasteiger charge is -1.94. The molecule has 0 atom stereocenters. The van der Waals surface area contributed by atoms with E-state index >= 15 is 0 Å². The lowest BCUT2D eigenvalue weighted by molar-refractivity contribution is 0.282.